The van der Waals surface area contributed by atoms with Crippen LogP contribution in [-0.2, 0) is 11.3 Å². The molecule has 1 unspecified atom stereocenters. The number of rotatable bonds is 10. The quantitative estimate of drug-likeness (QED) is 0.648. The van der Waals surface area contributed by atoms with Crippen LogP contribution < -0.4 is 15.2 Å². The van der Waals surface area contributed by atoms with Crippen molar-refractivity contribution in [2.24, 2.45) is 5.73 Å². The molecule has 3 N–H and O–H groups in total. The lowest BCUT2D eigenvalue weighted by molar-refractivity contribution is 0.0107. The average Bonchev–Trinajstić information content (AvgIpc) is 2.49. The first-order valence-corrected chi connectivity index (χ1v) is 7.45. The van der Waals surface area contributed by atoms with Gasteiger partial charge in [0.05, 0.1) is 13.7 Å². The van der Waals surface area contributed by atoms with Crippen molar-refractivity contribution >= 4 is 11.6 Å². The van der Waals surface area contributed by atoms with Crippen LogP contribution in [0.25, 0.3) is 0 Å². The van der Waals surface area contributed by atoms with Crippen molar-refractivity contribution in [1.82, 2.24) is 0 Å². The normalized spacial score (nSPS) is 12.2. The summed E-state index contributed by atoms with van der Waals surface area (Å²) in [5, 5.41) is 10.4. The van der Waals surface area contributed by atoms with Crippen LogP contribution >= 0.6 is 11.6 Å². The Balaban J connectivity index is 2.57. The van der Waals surface area contributed by atoms with Gasteiger partial charge in [0.2, 0.25) is 0 Å². The minimum Gasteiger partial charge on any atom is -0.493 e. The molecule has 21 heavy (non-hydrogen) atoms. The van der Waals surface area contributed by atoms with Gasteiger partial charge in [-0.1, -0.05) is 24.9 Å². The van der Waals surface area contributed by atoms with E-state index in [-0.39, 0.29) is 19.8 Å². The third kappa shape index (κ3) is 6.09. The molecule has 6 heteroatoms. The Morgan fingerprint density at radius 2 is 2.10 bits per heavy atom. The second-order valence-corrected chi connectivity index (χ2v) is 5.13. The number of nitrogens with two attached hydrogens (primary N) is 1. The summed E-state index contributed by atoms with van der Waals surface area (Å²) in [6.07, 6.45) is 1.34. The molecule has 0 saturated heterocycles. The SMILES string of the molecule is CCCCOCC(O)COc1c(CN)cc(Cl)cc1OC. The molecule has 0 aromatic heterocycles. The fourth-order valence-electron chi connectivity index (χ4n) is 1.78. The largest absolute Gasteiger partial charge is 0.493 e. The van der Waals surface area contributed by atoms with Gasteiger partial charge in [-0.15, -0.1) is 0 Å². The Kier molecular flexibility index (Phi) is 8.45. The second kappa shape index (κ2) is 9.84. The van der Waals surface area contributed by atoms with Gasteiger partial charge >= 0.3 is 0 Å². The zero-order valence-electron chi connectivity index (χ0n) is 12.6. The lowest BCUT2D eigenvalue weighted by Gasteiger charge is -2.17. The fourth-order valence-corrected chi connectivity index (χ4v) is 2.01. The Labute approximate surface area is 130 Å². The molecular formula is C15H24ClNO4. The summed E-state index contributed by atoms with van der Waals surface area (Å²) in [6, 6.07) is 3.38. The minimum absolute atomic E-state index is 0.108. The molecule has 0 radical (unpaired) electrons. The predicted molar refractivity (Wildman–Crippen MR) is 83.1 cm³/mol. The molecule has 1 aromatic rings. The first-order chi connectivity index (χ1) is 10.1. The lowest BCUT2D eigenvalue weighted by atomic mass is 10.2. The Bertz CT molecular complexity index is 403. The first-order valence-electron chi connectivity index (χ1n) is 7.07. The van der Waals surface area contributed by atoms with Gasteiger partial charge in [0, 0.05) is 29.8 Å². The van der Waals surface area contributed by atoms with E-state index in [9.17, 15) is 5.11 Å². The molecular weight excluding hydrogens is 294 g/mol. The predicted octanol–water partition coefficient (Wildman–Crippen LogP) is 2.36. The summed E-state index contributed by atoms with van der Waals surface area (Å²) in [4.78, 5) is 0. The average molecular weight is 318 g/mol. The van der Waals surface area contributed by atoms with Gasteiger partial charge in [-0.05, 0) is 12.5 Å². The van der Waals surface area contributed by atoms with Gasteiger partial charge in [-0.25, -0.2) is 0 Å². The van der Waals surface area contributed by atoms with Crippen molar-refractivity contribution in [2.75, 3.05) is 26.9 Å². The maximum absolute atomic E-state index is 9.84. The molecule has 0 amide bonds. The zero-order chi connectivity index (χ0) is 15.7. The molecule has 0 aliphatic heterocycles. The topological polar surface area (TPSA) is 73.9 Å². The third-order valence-electron chi connectivity index (χ3n) is 2.91. The maximum atomic E-state index is 9.84. The standard InChI is InChI=1S/C15H24ClNO4/c1-3-4-5-20-9-13(18)10-21-15-11(8-17)6-12(16)7-14(15)19-2/h6-7,13,18H,3-5,8-10,17H2,1-2H3. The Morgan fingerprint density at radius 1 is 1.33 bits per heavy atom. The molecule has 1 aromatic carbocycles. The number of unbranched alkanes of at least 4 members (excludes halogenated alkanes) is 1. The minimum atomic E-state index is -0.701. The van der Waals surface area contributed by atoms with Crippen LogP contribution in [-0.4, -0.2) is 38.1 Å². The molecule has 0 spiro atoms. The summed E-state index contributed by atoms with van der Waals surface area (Å²) in [5.41, 5.74) is 6.42. The van der Waals surface area contributed by atoms with E-state index in [1.54, 1.807) is 12.1 Å². The van der Waals surface area contributed by atoms with Crippen LogP contribution in [0.5, 0.6) is 11.5 Å². The van der Waals surface area contributed by atoms with Crippen LogP contribution in [0, 0.1) is 0 Å². The number of ether oxygens (including phenoxy) is 3. The highest BCUT2D eigenvalue weighted by Crippen LogP contribution is 2.34. The molecule has 0 bridgehead atoms. The van der Waals surface area contributed by atoms with Crippen LogP contribution in [0.15, 0.2) is 12.1 Å². The van der Waals surface area contributed by atoms with Crippen LogP contribution in [0.1, 0.15) is 25.3 Å². The smallest absolute Gasteiger partial charge is 0.165 e. The molecule has 120 valence electrons. The number of aliphatic hydroxyl groups excluding tert-OH is 1. The highest BCUT2D eigenvalue weighted by molar-refractivity contribution is 6.30. The van der Waals surface area contributed by atoms with Crippen molar-refractivity contribution in [3.63, 3.8) is 0 Å². The van der Waals surface area contributed by atoms with Crippen molar-refractivity contribution < 1.29 is 19.3 Å². The van der Waals surface area contributed by atoms with E-state index in [1.165, 1.54) is 7.11 Å². The van der Waals surface area contributed by atoms with Crippen molar-refractivity contribution in [3.05, 3.63) is 22.7 Å². The Hall–Kier alpha value is -1.01. The Morgan fingerprint density at radius 3 is 2.71 bits per heavy atom. The summed E-state index contributed by atoms with van der Waals surface area (Å²) >= 11 is 5.98. The number of aliphatic hydroxyl groups is 1. The maximum Gasteiger partial charge on any atom is 0.165 e. The fraction of sp³-hybridized carbons (Fsp3) is 0.600. The lowest BCUT2D eigenvalue weighted by Crippen LogP contribution is -2.24. The molecule has 5 nitrogen and oxygen atoms in total. The summed E-state index contributed by atoms with van der Waals surface area (Å²) < 4.78 is 16.2. The highest BCUT2D eigenvalue weighted by atomic mass is 35.5. The molecule has 0 saturated carbocycles. The zero-order valence-corrected chi connectivity index (χ0v) is 13.4. The molecule has 1 rings (SSSR count). The van der Waals surface area contributed by atoms with E-state index in [0.717, 1.165) is 18.4 Å². The van der Waals surface area contributed by atoms with E-state index >= 15 is 0 Å². The molecule has 0 fully saturated rings. The number of hydrogen-bond donors (Lipinski definition) is 2. The van der Waals surface area contributed by atoms with Crippen LogP contribution in [0.4, 0.5) is 0 Å². The summed E-state index contributed by atoms with van der Waals surface area (Å²) in [5.74, 6) is 1.01. The molecule has 0 heterocycles. The van der Waals surface area contributed by atoms with Crippen molar-refractivity contribution in [1.29, 1.82) is 0 Å². The van der Waals surface area contributed by atoms with Crippen molar-refractivity contribution in [3.8, 4) is 11.5 Å². The van der Waals surface area contributed by atoms with E-state index in [1.807, 2.05) is 0 Å². The first kappa shape index (κ1) is 18.0. The van der Waals surface area contributed by atoms with E-state index < -0.39 is 6.10 Å². The number of benzene rings is 1. The highest BCUT2D eigenvalue weighted by Gasteiger charge is 2.14. The van der Waals surface area contributed by atoms with Gasteiger partial charge in [0.15, 0.2) is 11.5 Å². The summed E-state index contributed by atoms with van der Waals surface area (Å²) in [6.45, 7) is 3.36. The molecule has 0 aliphatic carbocycles. The van der Waals surface area contributed by atoms with Gasteiger partial charge in [0.25, 0.3) is 0 Å². The van der Waals surface area contributed by atoms with Crippen LogP contribution in [0.3, 0.4) is 0 Å². The van der Waals surface area contributed by atoms with Crippen LogP contribution in [0.2, 0.25) is 5.02 Å². The monoisotopic (exact) mass is 317 g/mol. The third-order valence-corrected chi connectivity index (χ3v) is 3.13. The van der Waals surface area contributed by atoms with E-state index in [2.05, 4.69) is 6.92 Å². The van der Waals surface area contributed by atoms with E-state index in [0.29, 0.717) is 23.1 Å². The second-order valence-electron chi connectivity index (χ2n) is 4.69. The van der Waals surface area contributed by atoms with Gasteiger partial charge < -0.3 is 25.1 Å². The van der Waals surface area contributed by atoms with Gasteiger partial charge in [-0.2, -0.15) is 0 Å². The van der Waals surface area contributed by atoms with Gasteiger partial charge in [-0.3, -0.25) is 0 Å². The van der Waals surface area contributed by atoms with Gasteiger partial charge in [0.1, 0.15) is 12.7 Å². The summed E-state index contributed by atoms with van der Waals surface area (Å²) in [7, 11) is 1.53. The van der Waals surface area contributed by atoms with E-state index in [4.69, 9.17) is 31.5 Å². The number of methoxy groups -OCH3 is 1. The van der Waals surface area contributed by atoms with Crippen molar-refractivity contribution in [2.45, 2.75) is 32.4 Å². The number of hydrogen-bond acceptors (Lipinski definition) is 5. The molecule has 0 aliphatic rings. The number of halogens is 1. The molecule has 1 atom stereocenters.